The third-order valence-corrected chi connectivity index (χ3v) is 3.70. The van der Waals surface area contributed by atoms with Crippen LogP contribution in [0.1, 0.15) is 25.7 Å². The third-order valence-electron chi connectivity index (χ3n) is 3.70. The number of carbonyl (C=O) groups is 1. The van der Waals surface area contributed by atoms with Gasteiger partial charge in [0.15, 0.2) is 0 Å². The Morgan fingerprint density at radius 1 is 1.28 bits per heavy atom. The van der Waals surface area contributed by atoms with Gasteiger partial charge in [-0.15, -0.1) is 0 Å². The predicted molar refractivity (Wildman–Crippen MR) is 70.6 cm³/mol. The number of nitrogens with zero attached hydrogens (tertiary/aromatic N) is 1. The average molecular weight is 258 g/mol. The lowest BCUT2D eigenvalue weighted by atomic mass is 9.90. The van der Waals surface area contributed by atoms with Crippen LogP contribution in [0.5, 0.6) is 0 Å². The third kappa shape index (κ3) is 4.92. The van der Waals surface area contributed by atoms with Crippen molar-refractivity contribution >= 4 is 5.91 Å². The van der Waals surface area contributed by atoms with Crippen LogP contribution < -0.4 is 5.32 Å². The molecule has 5 nitrogen and oxygen atoms in total. The number of hydrogen-bond donors (Lipinski definition) is 1. The van der Waals surface area contributed by atoms with Crippen LogP contribution in [-0.2, 0) is 14.3 Å². The molecule has 1 N–H and O–H groups in total. The SMILES string of the molecule is CNC1CCC(N(C)C(=O)COCCOC)CC1. The number of amides is 1. The highest BCUT2D eigenvalue weighted by molar-refractivity contribution is 5.77. The van der Waals surface area contributed by atoms with E-state index in [-0.39, 0.29) is 12.5 Å². The van der Waals surface area contributed by atoms with Crippen LogP contribution in [0.4, 0.5) is 0 Å². The van der Waals surface area contributed by atoms with Gasteiger partial charge in [-0.1, -0.05) is 0 Å². The maximum absolute atomic E-state index is 11.9. The van der Waals surface area contributed by atoms with Crippen molar-refractivity contribution < 1.29 is 14.3 Å². The van der Waals surface area contributed by atoms with Gasteiger partial charge >= 0.3 is 0 Å². The maximum atomic E-state index is 11.9. The van der Waals surface area contributed by atoms with E-state index in [0.29, 0.717) is 25.3 Å². The largest absolute Gasteiger partial charge is 0.382 e. The molecule has 1 saturated carbocycles. The van der Waals surface area contributed by atoms with E-state index in [4.69, 9.17) is 9.47 Å². The quantitative estimate of drug-likeness (QED) is 0.681. The van der Waals surface area contributed by atoms with Crippen LogP contribution in [0.3, 0.4) is 0 Å². The van der Waals surface area contributed by atoms with Crippen LogP contribution in [0, 0.1) is 0 Å². The summed E-state index contributed by atoms with van der Waals surface area (Å²) in [5.74, 6) is 0.0685. The van der Waals surface area contributed by atoms with Gasteiger partial charge in [-0.25, -0.2) is 0 Å². The van der Waals surface area contributed by atoms with Gasteiger partial charge in [-0.05, 0) is 32.7 Å². The van der Waals surface area contributed by atoms with Crippen LogP contribution in [-0.4, -0.2) is 63.9 Å². The Morgan fingerprint density at radius 2 is 1.94 bits per heavy atom. The Bertz CT molecular complexity index is 240. The highest BCUT2D eigenvalue weighted by atomic mass is 16.5. The van der Waals surface area contributed by atoms with E-state index < -0.39 is 0 Å². The fraction of sp³-hybridized carbons (Fsp3) is 0.923. The number of carbonyl (C=O) groups excluding carboxylic acids is 1. The van der Waals surface area contributed by atoms with Gasteiger partial charge in [-0.2, -0.15) is 0 Å². The Hall–Kier alpha value is -0.650. The second-order valence-corrected chi connectivity index (χ2v) is 4.84. The molecular formula is C13H26N2O3. The summed E-state index contributed by atoms with van der Waals surface area (Å²) in [4.78, 5) is 13.7. The Morgan fingerprint density at radius 3 is 2.50 bits per heavy atom. The van der Waals surface area contributed by atoms with E-state index in [1.54, 1.807) is 7.11 Å². The Labute approximate surface area is 110 Å². The predicted octanol–water partition coefficient (Wildman–Crippen LogP) is 0.638. The molecule has 0 unspecified atom stereocenters. The van der Waals surface area contributed by atoms with E-state index in [2.05, 4.69) is 5.32 Å². The molecule has 1 amide bonds. The van der Waals surface area contributed by atoms with Crippen molar-refractivity contribution in [3.63, 3.8) is 0 Å². The summed E-state index contributed by atoms with van der Waals surface area (Å²) in [6, 6.07) is 0.982. The number of ether oxygens (including phenoxy) is 2. The lowest BCUT2D eigenvalue weighted by molar-refractivity contribution is -0.138. The molecule has 0 atom stereocenters. The van der Waals surface area contributed by atoms with E-state index in [0.717, 1.165) is 25.7 Å². The van der Waals surface area contributed by atoms with Crippen molar-refractivity contribution in [2.45, 2.75) is 37.8 Å². The molecule has 0 aromatic heterocycles. The minimum Gasteiger partial charge on any atom is -0.382 e. The summed E-state index contributed by atoms with van der Waals surface area (Å²) >= 11 is 0. The van der Waals surface area contributed by atoms with Gasteiger partial charge in [0.05, 0.1) is 13.2 Å². The molecule has 0 aromatic carbocycles. The van der Waals surface area contributed by atoms with Crippen molar-refractivity contribution in [1.29, 1.82) is 0 Å². The average Bonchev–Trinajstić information content (AvgIpc) is 2.42. The summed E-state index contributed by atoms with van der Waals surface area (Å²) < 4.78 is 10.1. The van der Waals surface area contributed by atoms with E-state index in [1.165, 1.54) is 0 Å². The molecule has 0 aromatic rings. The van der Waals surface area contributed by atoms with E-state index in [1.807, 2.05) is 19.0 Å². The Balaban J connectivity index is 2.22. The van der Waals surface area contributed by atoms with Crippen molar-refractivity contribution in [3.8, 4) is 0 Å². The van der Waals surface area contributed by atoms with Gasteiger partial charge in [0, 0.05) is 26.2 Å². The number of rotatable bonds is 7. The molecule has 0 spiro atoms. The second kappa shape index (κ2) is 8.45. The molecule has 1 rings (SSSR count). The molecule has 5 heteroatoms. The normalized spacial score (nSPS) is 23.9. The van der Waals surface area contributed by atoms with Crippen molar-refractivity contribution in [1.82, 2.24) is 10.2 Å². The summed E-state index contributed by atoms with van der Waals surface area (Å²) in [6.07, 6.45) is 4.43. The topological polar surface area (TPSA) is 50.8 Å². The van der Waals surface area contributed by atoms with Crippen LogP contribution in [0.15, 0.2) is 0 Å². The van der Waals surface area contributed by atoms with Crippen molar-refractivity contribution in [2.24, 2.45) is 0 Å². The van der Waals surface area contributed by atoms with Crippen molar-refractivity contribution in [3.05, 3.63) is 0 Å². The zero-order chi connectivity index (χ0) is 13.4. The van der Waals surface area contributed by atoms with E-state index in [9.17, 15) is 4.79 Å². The van der Waals surface area contributed by atoms with Gasteiger partial charge in [-0.3, -0.25) is 4.79 Å². The fourth-order valence-corrected chi connectivity index (χ4v) is 2.36. The summed E-state index contributed by atoms with van der Waals surface area (Å²) in [5.41, 5.74) is 0. The van der Waals surface area contributed by atoms with Gasteiger partial charge in [0.25, 0.3) is 0 Å². The zero-order valence-corrected chi connectivity index (χ0v) is 11.8. The number of hydrogen-bond acceptors (Lipinski definition) is 4. The fourth-order valence-electron chi connectivity index (χ4n) is 2.36. The molecule has 106 valence electrons. The molecular weight excluding hydrogens is 232 g/mol. The zero-order valence-electron chi connectivity index (χ0n) is 11.8. The summed E-state index contributed by atoms with van der Waals surface area (Å²) in [7, 11) is 5.51. The van der Waals surface area contributed by atoms with Crippen LogP contribution >= 0.6 is 0 Å². The first-order valence-corrected chi connectivity index (χ1v) is 6.68. The second-order valence-electron chi connectivity index (χ2n) is 4.84. The monoisotopic (exact) mass is 258 g/mol. The first-order chi connectivity index (χ1) is 8.69. The molecule has 0 heterocycles. The van der Waals surface area contributed by atoms with Gasteiger partial charge < -0.3 is 19.7 Å². The Kier molecular flexibility index (Phi) is 7.23. The number of methoxy groups -OCH3 is 1. The molecule has 1 aliphatic rings. The molecule has 18 heavy (non-hydrogen) atoms. The minimum absolute atomic E-state index is 0.0685. The lowest BCUT2D eigenvalue weighted by Crippen LogP contribution is -2.43. The summed E-state index contributed by atoms with van der Waals surface area (Å²) in [5, 5.41) is 3.30. The maximum Gasteiger partial charge on any atom is 0.248 e. The standard InChI is InChI=1S/C13H26N2O3/c1-14-11-4-6-12(7-5-11)15(2)13(16)10-18-9-8-17-3/h11-12,14H,4-10H2,1-3H3. The molecule has 0 saturated heterocycles. The van der Waals surface area contributed by atoms with Gasteiger partial charge in [0.2, 0.25) is 5.91 Å². The number of likely N-dealkylation sites (N-methyl/N-ethyl adjacent to an activating group) is 1. The number of nitrogens with one attached hydrogen (secondary N) is 1. The molecule has 0 radical (unpaired) electrons. The van der Waals surface area contributed by atoms with Crippen molar-refractivity contribution in [2.75, 3.05) is 41.0 Å². The van der Waals surface area contributed by atoms with Crippen LogP contribution in [0.25, 0.3) is 0 Å². The highest BCUT2D eigenvalue weighted by Gasteiger charge is 2.25. The first-order valence-electron chi connectivity index (χ1n) is 6.68. The van der Waals surface area contributed by atoms with E-state index >= 15 is 0 Å². The molecule has 0 aliphatic heterocycles. The summed E-state index contributed by atoms with van der Waals surface area (Å²) in [6.45, 7) is 1.17. The highest BCUT2D eigenvalue weighted by Crippen LogP contribution is 2.22. The molecule has 1 fully saturated rings. The minimum atomic E-state index is 0.0685. The molecule has 1 aliphatic carbocycles. The lowest BCUT2D eigenvalue weighted by Gasteiger charge is -2.34. The first kappa shape index (κ1) is 15.4. The smallest absolute Gasteiger partial charge is 0.248 e. The van der Waals surface area contributed by atoms with Crippen LogP contribution in [0.2, 0.25) is 0 Å². The molecule has 0 bridgehead atoms. The van der Waals surface area contributed by atoms with Gasteiger partial charge in [0.1, 0.15) is 6.61 Å².